The average molecular weight is 450 g/mol. The summed E-state index contributed by atoms with van der Waals surface area (Å²) < 4.78 is 10.7. The Labute approximate surface area is 184 Å². The second kappa shape index (κ2) is 10.7. The molecule has 1 aromatic carbocycles. The van der Waals surface area contributed by atoms with E-state index in [4.69, 9.17) is 9.47 Å². The summed E-state index contributed by atoms with van der Waals surface area (Å²) in [7, 11) is 0. The molecule has 0 aliphatic carbocycles. The van der Waals surface area contributed by atoms with Gasteiger partial charge in [0.15, 0.2) is 0 Å². The lowest BCUT2D eigenvalue weighted by Crippen LogP contribution is -2.58. The van der Waals surface area contributed by atoms with Crippen LogP contribution in [0.2, 0.25) is 0 Å². The van der Waals surface area contributed by atoms with Crippen molar-refractivity contribution >= 4 is 0 Å². The molecular formula is C22H26O10. The van der Waals surface area contributed by atoms with Gasteiger partial charge in [-0.15, -0.1) is 0 Å². The summed E-state index contributed by atoms with van der Waals surface area (Å²) in [5, 5.41) is 77.9. The van der Waals surface area contributed by atoms with Gasteiger partial charge in [0.2, 0.25) is 0 Å². The van der Waals surface area contributed by atoms with Crippen molar-refractivity contribution < 1.29 is 50.3 Å². The van der Waals surface area contributed by atoms with E-state index >= 15 is 0 Å². The van der Waals surface area contributed by atoms with E-state index in [0.29, 0.717) is 11.1 Å². The van der Waals surface area contributed by atoms with Crippen LogP contribution in [0.1, 0.15) is 11.1 Å². The van der Waals surface area contributed by atoms with Crippen molar-refractivity contribution in [2.45, 2.75) is 61.0 Å². The molecule has 2 fully saturated rings. The molecule has 174 valence electrons. The van der Waals surface area contributed by atoms with Crippen LogP contribution in [0.25, 0.3) is 0 Å². The first-order chi connectivity index (χ1) is 15.3. The lowest BCUT2D eigenvalue weighted by Gasteiger charge is -2.37. The van der Waals surface area contributed by atoms with Crippen LogP contribution in [-0.4, -0.2) is 115 Å². The van der Waals surface area contributed by atoms with Gasteiger partial charge < -0.3 is 50.3 Å². The summed E-state index contributed by atoms with van der Waals surface area (Å²) in [4.78, 5) is 0. The van der Waals surface area contributed by atoms with Crippen LogP contribution in [0.5, 0.6) is 0 Å². The highest BCUT2D eigenvalue weighted by Gasteiger charge is 2.43. The van der Waals surface area contributed by atoms with Crippen LogP contribution in [0.3, 0.4) is 0 Å². The number of benzene rings is 1. The minimum Gasteiger partial charge on any atom is -0.394 e. The van der Waals surface area contributed by atoms with Crippen molar-refractivity contribution in [1.29, 1.82) is 0 Å². The molecule has 2 aliphatic rings. The summed E-state index contributed by atoms with van der Waals surface area (Å²) in [6, 6.07) is 6.59. The van der Waals surface area contributed by atoms with Gasteiger partial charge in [0.25, 0.3) is 0 Å². The fraction of sp³-hybridized carbons (Fsp3) is 0.545. The van der Waals surface area contributed by atoms with Gasteiger partial charge in [0.1, 0.15) is 61.0 Å². The molecule has 0 radical (unpaired) electrons. The molecule has 1 aromatic rings. The zero-order valence-corrected chi connectivity index (χ0v) is 16.9. The maximum atomic E-state index is 10.1. The predicted octanol–water partition coefficient (Wildman–Crippen LogP) is -3.93. The summed E-state index contributed by atoms with van der Waals surface area (Å²) in [6.07, 6.45) is -13.3. The van der Waals surface area contributed by atoms with Crippen LogP contribution in [0.15, 0.2) is 24.3 Å². The third-order valence-electron chi connectivity index (χ3n) is 5.36. The van der Waals surface area contributed by atoms with Gasteiger partial charge in [-0.3, -0.25) is 0 Å². The Morgan fingerprint density at radius 3 is 1.41 bits per heavy atom. The molecule has 0 unspecified atom stereocenters. The molecule has 8 N–H and O–H groups in total. The lowest BCUT2D eigenvalue weighted by molar-refractivity contribution is -0.214. The Kier molecular flexibility index (Phi) is 8.22. The highest BCUT2D eigenvalue weighted by atomic mass is 16.5. The summed E-state index contributed by atoms with van der Waals surface area (Å²) in [5.74, 6) is 10.9. The Hall–Kier alpha value is -2.06. The topological polar surface area (TPSA) is 180 Å². The third-order valence-corrected chi connectivity index (χ3v) is 5.36. The minimum absolute atomic E-state index is 0.488. The Balaban J connectivity index is 1.74. The number of ether oxygens (including phenoxy) is 2. The molecule has 0 spiro atoms. The van der Waals surface area contributed by atoms with Gasteiger partial charge >= 0.3 is 0 Å². The first-order valence-electron chi connectivity index (χ1n) is 10.0. The van der Waals surface area contributed by atoms with Crippen molar-refractivity contribution in [1.82, 2.24) is 0 Å². The monoisotopic (exact) mass is 450 g/mol. The first-order valence-corrected chi connectivity index (χ1v) is 10.0. The Morgan fingerprint density at radius 1 is 0.625 bits per heavy atom. The lowest BCUT2D eigenvalue weighted by atomic mass is 9.95. The van der Waals surface area contributed by atoms with E-state index in [1.54, 1.807) is 24.3 Å². The largest absolute Gasteiger partial charge is 0.394 e. The van der Waals surface area contributed by atoms with Crippen molar-refractivity contribution in [3.05, 3.63) is 35.4 Å². The molecule has 0 aromatic heterocycles. The second-order valence-corrected chi connectivity index (χ2v) is 7.62. The molecule has 32 heavy (non-hydrogen) atoms. The van der Waals surface area contributed by atoms with E-state index in [0.717, 1.165) is 0 Å². The molecule has 0 saturated carbocycles. The summed E-state index contributed by atoms with van der Waals surface area (Å²) in [6.45, 7) is -1.10. The van der Waals surface area contributed by atoms with Gasteiger partial charge in [-0.05, 0) is 18.2 Å². The number of hydrogen-bond donors (Lipinski definition) is 8. The van der Waals surface area contributed by atoms with Crippen LogP contribution in [-0.2, 0) is 9.47 Å². The van der Waals surface area contributed by atoms with Crippen LogP contribution in [0.4, 0.5) is 0 Å². The molecule has 0 amide bonds. The van der Waals surface area contributed by atoms with Gasteiger partial charge in [-0.2, -0.15) is 0 Å². The number of aliphatic hydroxyl groups excluding tert-OH is 8. The summed E-state index contributed by atoms with van der Waals surface area (Å²) in [5.41, 5.74) is 0.977. The fourth-order valence-corrected chi connectivity index (χ4v) is 3.43. The summed E-state index contributed by atoms with van der Waals surface area (Å²) >= 11 is 0. The van der Waals surface area contributed by atoms with Crippen molar-refractivity contribution in [3.8, 4) is 23.7 Å². The molecule has 2 heterocycles. The van der Waals surface area contributed by atoms with E-state index in [9.17, 15) is 40.9 Å². The van der Waals surface area contributed by atoms with E-state index in [-0.39, 0.29) is 0 Å². The predicted molar refractivity (Wildman–Crippen MR) is 108 cm³/mol. The number of rotatable bonds is 2. The van der Waals surface area contributed by atoms with E-state index in [2.05, 4.69) is 23.7 Å². The maximum Gasteiger partial charge on any atom is 0.147 e. The van der Waals surface area contributed by atoms with Crippen molar-refractivity contribution in [2.24, 2.45) is 0 Å². The smallest absolute Gasteiger partial charge is 0.147 e. The molecule has 10 nitrogen and oxygen atoms in total. The molecule has 2 aliphatic heterocycles. The van der Waals surface area contributed by atoms with Crippen molar-refractivity contribution in [2.75, 3.05) is 13.2 Å². The molecule has 0 bridgehead atoms. The Morgan fingerprint density at radius 2 is 1.03 bits per heavy atom. The SMILES string of the molecule is OC[C@H]1O[C@H](C#Cc2cccc(C#C[C@H]3O[C@H](CO)[C@@H](O)[C@H](O)[C@@H]3O)c2)[C@@H](O)[C@@H](O)[C@@H]1O. The van der Waals surface area contributed by atoms with Gasteiger partial charge in [-0.1, -0.05) is 29.7 Å². The van der Waals surface area contributed by atoms with Crippen LogP contribution in [0, 0.1) is 23.7 Å². The molecule has 10 heteroatoms. The zero-order valence-electron chi connectivity index (χ0n) is 16.9. The number of hydrogen-bond acceptors (Lipinski definition) is 10. The van der Waals surface area contributed by atoms with Crippen molar-refractivity contribution in [3.63, 3.8) is 0 Å². The van der Waals surface area contributed by atoms with E-state index < -0.39 is 74.3 Å². The first kappa shape index (κ1) is 24.6. The zero-order chi connectivity index (χ0) is 23.4. The fourth-order valence-electron chi connectivity index (χ4n) is 3.43. The average Bonchev–Trinajstić information content (AvgIpc) is 2.80. The quantitative estimate of drug-likeness (QED) is 0.207. The Bertz CT molecular complexity index is 826. The molecule has 10 atom stereocenters. The van der Waals surface area contributed by atoms with Gasteiger partial charge in [-0.25, -0.2) is 0 Å². The minimum atomic E-state index is -1.52. The standard InChI is InChI=1S/C22H26O10/c23-9-15-19(27)21(29)17(25)13(31-15)6-4-11-2-1-3-12(8-11)5-7-14-18(26)22(30)20(28)16(10-24)32-14/h1-3,8,13-30H,9-10H2/t13-,14-,15-,16-,17-,18-,19-,20-,21-,22-/m1/s1. The van der Waals surface area contributed by atoms with E-state index in [1.165, 1.54) is 0 Å². The number of aliphatic hydroxyl groups is 8. The second-order valence-electron chi connectivity index (χ2n) is 7.62. The van der Waals surface area contributed by atoms with Gasteiger partial charge in [0.05, 0.1) is 13.2 Å². The maximum absolute atomic E-state index is 10.1. The molecular weight excluding hydrogens is 424 g/mol. The van der Waals surface area contributed by atoms with Crippen LogP contribution < -0.4 is 0 Å². The van der Waals surface area contributed by atoms with Gasteiger partial charge in [0, 0.05) is 11.1 Å². The third kappa shape index (κ3) is 5.29. The highest BCUT2D eigenvalue weighted by molar-refractivity contribution is 5.44. The molecule has 2 saturated heterocycles. The molecule has 3 rings (SSSR count). The van der Waals surface area contributed by atoms with Crippen LogP contribution >= 0.6 is 0 Å². The normalized spacial score (nSPS) is 39.4. The highest BCUT2D eigenvalue weighted by Crippen LogP contribution is 2.22. The van der Waals surface area contributed by atoms with E-state index in [1.807, 2.05) is 0 Å².